The average Bonchev–Trinajstić information content (AvgIpc) is 2.48. The van der Waals surface area contributed by atoms with Crippen molar-refractivity contribution in [2.75, 3.05) is 31.1 Å². The first-order valence-corrected chi connectivity index (χ1v) is 4.96. The number of hydrogen-bond donors (Lipinski definition) is 1. The summed E-state index contributed by atoms with van der Waals surface area (Å²) >= 11 is 1.48. The van der Waals surface area contributed by atoms with Crippen LogP contribution < -0.4 is 10.2 Å². The summed E-state index contributed by atoms with van der Waals surface area (Å²) < 4.78 is 4.00. The van der Waals surface area contributed by atoms with Crippen molar-refractivity contribution in [2.24, 2.45) is 0 Å². The molecule has 0 amide bonds. The lowest BCUT2D eigenvalue weighted by atomic mass is 10.4. The maximum atomic E-state index is 4.19. The van der Waals surface area contributed by atoms with Crippen LogP contribution in [-0.4, -0.2) is 35.5 Å². The van der Waals surface area contributed by atoms with E-state index in [4.69, 9.17) is 0 Å². The zero-order valence-electron chi connectivity index (χ0n) is 6.86. The predicted molar refractivity (Wildman–Crippen MR) is 49.6 cm³/mol. The Kier molecular flexibility index (Phi) is 2.53. The minimum atomic E-state index is 1.05. The molecule has 0 unspecified atom stereocenters. The zero-order chi connectivity index (χ0) is 8.23. The smallest absolute Gasteiger partial charge is 0.204 e. The molecule has 1 N–H and O–H groups in total. The fourth-order valence-electron chi connectivity index (χ4n) is 1.34. The molecule has 0 aliphatic carbocycles. The first kappa shape index (κ1) is 7.94. The molecule has 2 rings (SSSR count). The van der Waals surface area contributed by atoms with Gasteiger partial charge in [0.1, 0.15) is 6.33 Å². The third-order valence-electron chi connectivity index (χ3n) is 1.96. The van der Waals surface area contributed by atoms with Crippen molar-refractivity contribution >= 4 is 16.7 Å². The van der Waals surface area contributed by atoms with Gasteiger partial charge in [0.05, 0.1) is 0 Å². The summed E-state index contributed by atoms with van der Waals surface area (Å²) in [7, 11) is 0. The molecule has 1 saturated heterocycles. The summed E-state index contributed by atoms with van der Waals surface area (Å²) in [5.74, 6) is 0. The van der Waals surface area contributed by atoms with E-state index in [-0.39, 0.29) is 0 Å². The van der Waals surface area contributed by atoms with Gasteiger partial charge in [0, 0.05) is 31.2 Å². The Morgan fingerprint density at radius 2 is 2.42 bits per heavy atom. The Bertz CT molecular complexity index is 215. The van der Waals surface area contributed by atoms with Crippen LogP contribution in [0.15, 0.2) is 6.33 Å². The van der Waals surface area contributed by atoms with Crippen LogP contribution in [0, 0.1) is 0 Å². The molecule has 1 aliphatic rings. The molecular formula is C7H12N4S. The molecule has 2 heterocycles. The Morgan fingerprint density at radius 3 is 3.25 bits per heavy atom. The van der Waals surface area contributed by atoms with Crippen LogP contribution in [0.2, 0.25) is 0 Å². The lowest BCUT2D eigenvalue weighted by Crippen LogP contribution is -2.27. The number of nitrogens with zero attached hydrogens (tertiary/aromatic N) is 3. The second-order valence-corrected chi connectivity index (χ2v) is 3.57. The highest BCUT2D eigenvalue weighted by atomic mass is 32.1. The molecule has 5 heteroatoms. The summed E-state index contributed by atoms with van der Waals surface area (Å²) in [6.07, 6.45) is 2.82. The van der Waals surface area contributed by atoms with E-state index in [9.17, 15) is 0 Å². The number of nitrogens with one attached hydrogen (secondary N) is 1. The molecule has 4 nitrogen and oxygen atoms in total. The fraction of sp³-hybridized carbons (Fsp3) is 0.714. The van der Waals surface area contributed by atoms with Crippen LogP contribution in [0.4, 0.5) is 5.13 Å². The molecule has 12 heavy (non-hydrogen) atoms. The summed E-state index contributed by atoms with van der Waals surface area (Å²) in [4.78, 5) is 6.48. The van der Waals surface area contributed by atoms with Crippen molar-refractivity contribution in [1.82, 2.24) is 14.7 Å². The van der Waals surface area contributed by atoms with Gasteiger partial charge in [0.2, 0.25) is 5.13 Å². The van der Waals surface area contributed by atoms with Gasteiger partial charge >= 0.3 is 0 Å². The lowest BCUT2D eigenvalue weighted by molar-refractivity contribution is 0.724. The predicted octanol–water partition coefficient (Wildman–Crippen LogP) is 0.338. The van der Waals surface area contributed by atoms with E-state index >= 15 is 0 Å². The van der Waals surface area contributed by atoms with Crippen LogP contribution in [-0.2, 0) is 0 Å². The summed E-state index contributed by atoms with van der Waals surface area (Å²) in [6.45, 7) is 4.33. The SMILES string of the molecule is c1nsc(N2CCCNCC2)n1. The second-order valence-electron chi connectivity index (χ2n) is 2.81. The monoisotopic (exact) mass is 184 g/mol. The van der Waals surface area contributed by atoms with Gasteiger partial charge in [-0.2, -0.15) is 4.37 Å². The third kappa shape index (κ3) is 1.73. The molecule has 0 atom stereocenters. The molecular weight excluding hydrogens is 172 g/mol. The molecule has 1 aliphatic heterocycles. The highest BCUT2D eigenvalue weighted by molar-refractivity contribution is 7.09. The van der Waals surface area contributed by atoms with E-state index in [1.165, 1.54) is 18.0 Å². The van der Waals surface area contributed by atoms with Crippen molar-refractivity contribution in [3.05, 3.63) is 6.33 Å². The third-order valence-corrected chi connectivity index (χ3v) is 2.69. The van der Waals surface area contributed by atoms with Gasteiger partial charge in [-0.1, -0.05) is 0 Å². The van der Waals surface area contributed by atoms with Gasteiger partial charge in [0.15, 0.2) is 0 Å². The number of anilines is 1. The molecule has 66 valence electrons. The Balaban J connectivity index is 2.02. The van der Waals surface area contributed by atoms with Gasteiger partial charge in [-0.25, -0.2) is 4.98 Å². The quantitative estimate of drug-likeness (QED) is 0.683. The first-order valence-electron chi connectivity index (χ1n) is 4.19. The van der Waals surface area contributed by atoms with Crippen LogP contribution in [0.1, 0.15) is 6.42 Å². The average molecular weight is 184 g/mol. The van der Waals surface area contributed by atoms with E-state index in [1.807, 2.05) is 0 Å². The molecule has 0 saturated carbocycles. The summed E-state index contributed by atoms with van der Waals surface area (Å²) in [5, 5.41) is 4.41. The van der Waals surface area contributed by atoms with E-state index < -0.39 is 0 Å². The lowest BCUT2D eigenvalue weighted by Gasteiger charge is -2.17. The molecule has 1 aromatic heterocycles. The Hall–Kier alpha value is -0.680. The van der Waals surface area contributed by atoms with Gasteiger partial charge < -0.3 is 10.2 Å². The van der Waals surface area contributed by atoms with Gasteiger partial charge in [-0.3, -0.25) is 0 Å². The second kappa shape index (κ2) is 3.82. The number of rotatable bonds is 1. The van der Waals surface area contributed by atoms with Crippen molar-refractivity contribution < 1.29 is 0 Å². The van der Waals surface area contributed by atoms with E-state index in [0.29, 0.717) is 0 Å². The zero-order valence-corrected chi connectivity index (χ0v) is 7.68. The minimum Gasteiger partial charge on any atom is -0.346 e. The van der Waals surface area contributed by atoms with Crippen molar-refractivity contribution in [3.63, 3.8) is 0 Å². The van der Waals surface area contributed by atoms with Crippen LogP contribution in [0.5, 0.6) is 0 Å². The van der Waals surface area contributed by atoms with Gasteiger partial charge in [-0.15, -0.1) is 0 Å². The number of aromatic nitrogens is 2. The molecule has 1 fully saturated rings. The van der Waals surface area contributed by atoms with Gasteiger partial charge in [0.25, 0.3) is 0 Å². The Morgan fingerprint density at radius 1 is 1.42 bits per heavy atom. The van der Waals surface area contributed by atoms with Crippen molar-refractivity contribution in [3.8, 4) is 0 Å². The molecule has 0 radical (unpaired) electrons. The van der Waals surface area contributed by atoms with Gasteiger partial charge in [-0.05, 0) is 13.0 Å². The minimum absolute atomic E-state index is 1.05. The highest BCUT2D eigenvalue weighted by Gasteiger charge is 2.11. The number of hydrogen-bond acceptors (Lipinski definition) is 5. The maximum Gasteiger partial charge on any atom is 0.204 e. The summed E-state index contributed by atoms with van der Waals surface area (Å²) in [5.41, 5.74) is 0. The van der Waals surface area contributed by atoms with Crippen LogP contribution in [0.25, 0.3) is 0 Å². The fourth-order valence-corrected chi connectivity index (χ4v) is 1.92. The van der Waals surface area contributed by atoms with Crippen LogP contribution >= 0.6 is 11.5 Å². The van der Waals surface area contributed by atoms with Crippen LogP contribution in [0.3, 0.4) is 0 Å². The van der Waals surface area contributed by atoms with E-state index in [0.717, 1.165) is 31.3 Å². The Labute approximate surface area is 75.8 Å². The topological polar surface area (TPSA) is 41.1 Å². The molecule has 0 aromatic carbocycles. The van der Waals surface area contributed by atoms with E-state index in [2.05, 4.69) is 19.6 Å². The largest absolute Gasteiger partial charge is 0.346 e. The highest BCUT2D eigenvalue weighted by Crippen LogP contribution is 2.14. The summed E-state index contributed by atoms with van der Waals surface area (Å²) in [6, 6.07) is 0. The van der Waals surface area contributed by atoms with Crippen molar-refractivity contribution in [2.45, 2.75) is 6.42 Å². The molecule has 0 spiro atoms. The maximum absolute atomic E-state index is 4.19. The normalized spacial score (nSPS) is 19.2. The molecule has 1 aromatic rings. The van der Waals surface area contributed by atoms with Crippen molar-refractivity contribution in [1.29, 1.82) is 0 Å². The van der Waals surface area contributed by atoms with E-state index in [1.54, 1.807) is 6.33 Å². The standard InChI is InChI=1S/C7H12N4S/c1-2-8-3-5-11(4-1)7-9-6-10-12-7/h6,8H,1-5H2. The molecule has 0 bridgehead atoms. The first-order chi connectivity index (χ1) is 5.97.